The second-order valence-electron chi connectivity index (χ2n) is 4.13. The molecule has 0 saturated heterocycles. The van der Waals surface area contributed by atoms with Crippen LogP contribution in [0.3, 0.4) is 0 Å². The molecule has 3 rings (SSSR count). The molecular weight excluding hydrogens is 232 g/mol. The Bertz CT molecular complexity index is 747. The Labute approximate surface area is 104 Å². The predicted molar refractivity (Wildman–Crippen MR) is 70.0 cm³/mol. The molecule has 0 aliphatic heterocycles. The Morgan fingerprint density at radius 3 is 2.82 bits per heavy atom. The van der Waals surface area contributed by atoms with E-state index in [1.54, 1.807) is 4.68 Å². The Morgan fingerprint density at radius 2 is 2.12 bits per heavy atom. The molecule has 0 aliphatic rings. The normalized spacial score (nSPS) is 11.2. The van der Waals surface area contributed by atoms with Gasteiger partial charge in [0.15, 0.2) is 10.6 Å². The molecule has 86 valence electrons. The van der Waals surface area contributed by atoms with Gasteiger partial charge in [-0.05, 0) is 36.8 Å². The van der Waals surface area contributed by atoms with Crippen LogP contribution in [0.4, 0.5) is 0 Å². The highest BCUT2D eigenvalue weighted by atomic mass is 32.1. The lowest BCUT2D eigenvalue weighted by Crippen LogP contribution is -1.97. The van der Waals surface area contributed by atoms with E-state index in [4.69, 9.17) is 12.2 Å². The molecule has 0 amide bonds. The van der Waals surface area contributed by atoms with E-state index in [0.29, 0.717) is 4.77 Å². The number of rotatable bonds is 1. The molecular formula is C12H12N4S. The van der Waals surface area contributed by atoms with Gasteiger partial charge in [-0.15, -0.1) is 0 Å². The van der Waals surface area contributed by atoms with Gasteiger partial charge in [-0.1, -0.05) is 6.07 Å². The average Bonchev–Trinajstić information content (AvgIpc) is 2.81. The number of imidazole rings is 1. The third-order valence-electron chi connectivity index (χ3n) is 2.77. The quantitative estimate of drug-likeness (QED) is 0.668. The summed E-state index contributed by atoms with van der Waals surface area (Å²) in [5.74, 6) is 0.842. The van der Waals surface area contributed by atoms with Gasteiger partial charge in [0.1, 0.15) is 0 Å². The van der Waals surface area contributed by atoms with Crippen molar-refractivity contribution in [3.63, 3.8) is 0 Å². The Kier molecular flexibility index (Phi) is 2.16. The molecule has 0 fully saturated rings. The number of nitrogens with one attached hydrogen (secondary N) is 1. The van der Waals surface area contributed by atoms with Crippen LogP contribution in [0.5, 0.6) is 0 Å². The van der Waals surface area contributed by atoms with Crippen LogP contribution < -0.4 is 0 Å². The zero-order valence-electron chi connectivity index (χ0n) is 9.64. The average molecular weight is 244 g/mol. The van der Waals surface area contributed by atoms with Gasteiger partial charge in [0.2, 0.25) is 0 Å². The third kappa shape index (κ3) is 1.59. The number of benzene rings is 1. The van der Waals surface area contributed by atoms with E-state index in [0.717, 1.165) is 16.9 Å². The number of hydrogen-bond acceptors (Lipinski definition) is 2. The Hall–Kier alpha value is -1.88. The van der Waals surface area contributed by atoms with Crippen molar-refractivity contribution in [3.05, 3.63) is 40.8 Å². The van der Waals surface area contributed by atoms with Gasteiger partial charge in [-0.3, -0.25) is 9.25 Å². The molecule has 5 heteroatoms. The van der Waals surface area contributed by atoms with Crippen molar-refractivity contribution < 1.29 is 0 Å². The highest BCUT2D eigenvalue weighted by molar-refractivity contribution is 7.71. The minimum Gasteiger partial charge on any atom is -0.330 e. The van der Waals surface area contributed by atoms with Crippen LogP contribution >= 0.6 is 12.2 Å². The number of hydrogen-bond donors (Lipinski definition) is 1. The van der Waals surface area contributed by atoms with Gasteiger partial charge in [-0.2, -0.15) is 5.10 Å². The molecule has 1 aromatic carbocycles. The van der Waals surface area contributed by atoms with E-state index in [-0.39, 0.29) is 0 Å². The van der Waals surface area contributed by atoms with Crippen molar-refractivity contribution in [2.75, 3.05) is 0 Å². The molecule has 0 saturated carbocycles. The first-order valence-corrected chi connectivity index (χ1v) is 5.77. The summed E-state index contributed by atoms with van der Waals surface area (Å²) in [6, 6.07) is 8.16. The SMILES string of the molecule is Cc1ccc2[nH]c(=S)n(-c3ccn(C)n3)c2c1. The van der Waals surface area contributed by atoms with Crippen LogP contribution in [0, 0.1) is 11.7 Å². The molecule has 17 heavy (non-hydrogen) atoms. The summed E-state index contributed by atoms with van der Waals surface area (Å²) < 4.78 is 4.40. The lowest BCUT2D eigenvalue weighted by molar-refractivity contribution is 0.752. The van der Waals surface area contributed by atoms with Crippen LogP contribution in [0.1, 0.15) is 5.56 Å². The second kappa shape index (κ2) is 3.56. The summed E-state index contributed by atoms with van der Waals surface area (Å²) in [7, 11) is 1.90. The van der Waals surface area contributed by atoms with E-state index in [1.165, 1.54) is 5.56 Å². The van der Waals surface area contributed by atoms with Crippen molar-refractivity contribution in [1.29, 1.82) is 0 Å². The molecule has 0 radical (unpaired) electrons. The fourth-order valence-corrected chi connectivity index (χ4v) is 2.26. The molecule has 4 nitrogen and oxygen atoms in total. The molecule has 2 heterocycles. The molecule has 2 aromatic heterocycles. The highest BCUT2D eigenvalue weighted by Crippen LogP contribution is 2.19. The maximum Gasteiger partial charge on any atom is 0.184 e. The summed E-state index contributed by atoms with van der Waals surface area (Å²) in [6.07, 6.45) is 1.91. The van der Waals surface area contributed by atoms with Gasteiger partial charge in [-0.25, -0.2) is 0 Å². The molecule has 0 atom stereocenters. The van der Waals surface area contributed by atoms with Gasteiger partial charge in [0.05, 0.1) is 11.0 Å². The number of aryl methyl sites for hydroxylation is 2. The number of nitrogens with zero attached hydrogens (tertiary/aromatic N) is 3. The van der Waals surface area contributed by atoms with Crippen molar-refractivity contribution in [1.82, 2.24) is 19.3 Å². The summed E-state index contributed by atoms with van der Waals surface area (Å²) >= 11 is 5.35. The lowest BCUT2D eigenvalue weighted by atomic mass is 10.2. The summed E-state index contributed by atoms with van der Waals surface area (Å²) in [5, 5.41) is 4.39. The molecule has 0 bridgehead atoms. The third-order valence-corrected chi connectivity index (χ3v) is 3.05. The van der Waals surface area contributed by atoms with Crippen molar-refractivity contribution in [3.8, 4) is 5.82 Å². The first-order valence-electron chi connectivity index (χ1n) is 5.36. The Morgan fingerprint density at radius 1 is 1.29 bits per heavy atom. The first kappa shape index (κ1) is 10.3. The lowest BCUT2D eigenvalue weighted by Gasteiger charge is -2.00. The summed E-state index contributed by atoms with van der Waals surface area (Å²) in [4.78, 5) is 3.19. The van der Waals surface area contributed by atoms with Gasteiger partial charge < -0.3 is 4.98 Å². The predicted octanol–water partition coefficient (Wildman–Crippen LogP) is 2.73. The van der Waals surface area contributed by atoms with Crippen molar-refractivity contribution >= 4 is 23.3 Å². The first-order chi connectivity index (χ1) is 8.15. The molecule has 0 unspecified atom stereocenters. The van der Waals surface area contributed by atoms with Gasteiger partial charge in [0, 0.05) is 19.3 Å². The number of H-pyrrole nitrogens is 1. The van der Waals surface area contributed by atoms with Crippen LogP contribution in [0.25, 0.3) is 16.9 Å². The standard InChI is InChI=1S/C12H12N4S/c1-8-3-4-9-10(7-8)16(12(17)13-9)11-5-6-15(2)14-11/h3-7H,1-2H3,(H,13,17). The molecule has 1 N–H and O–H groups in total. The zero-order chi connectivity index (χ0) is 12.0. The minimum absolute atomic E-state index is 0.671. The van der Waals surface area contributed by atoms with E-state index in [2.05, 4.69) is 29.1 Å². The molecule has 3 aromatic rings. The maximum atomic E-state index is 5.35. The highest BCUT2D eigenvalue weighted by Gasteiger charge is 2.08. The van der Waals surface area contributed by atoms with Gasteiger partial charge >= 0.3 is 0 Å². The molecule has 0 aliphatic carbocycles. The van der Waals surface area contributed by atoms with Crippen LogP contribution in [-0.4, -0.2) is 19.3 Å². The van der Waals surface area contributed by atoms with Crippen LogP contribution in [0.2, 0.25) is 0 Å². The molecule has 0 spiro atoms. The van der Waals surface area contributed by atoms with Gasteiger partial charge in [0.25, 0.3) is 0 Å². The van der Waals surface area contributed by atoms with E-state index in [9.17, 15) is 0 Å². The van der Waals surface area contributed by atoms with E-state index >= 15 is 0 Å². The Balaban J connectivity index is 2.39. The van der Waals surface area contributed by atoms with Crippen LogP contribution in [0.15, 0.2) is 30.5 Å². The number of fused-ring (bicyclic) bond motifs is 1. The van der Waals surface area contributed by atoms with E-state index in [1.807, 2.05) is 29.9 Å². The van der Waals surface area contributed by atoms with Crippen molar-refractivity contribution in [2.45, 2.75) is 6.92 Å². The summed E-state index contributed by atoms with van der Waals surface area (Å²) in [5.41, 5.74) is 3.30. The second-order valence-corrected chi connectivity index (χ2v) is 4.52. The largest absolute Gasteiger partial charge is 0.330 e. The number of aromatic amines is 1. The fourth-order valence-electron chi connectivity index (χ4n) is 1.96. The summed E-state index contributed by atoms with van der Waals surface area (Å²) in [6.45, 7) is 2.07. The zero-order valence-corrected chi connectivity index (χ0v) is 10.5. The topological polar surface area (TPSA) is 38.5 Å². The van der Waals surface area contributed by atoms with Crippen molar-refractivity contribution in [2.24, 2.45) is 7.05 Å². The minimum atomic E-state index is 0.671. The fraction of sp³-hybridized carbons (Fsp3) is 0.167. The van der Waals surface area contributed by atoms with Crippen LogP contribution in [-0.2, 0) is 7.05 Å². The van der Waals surface area contributed by atoms with E-state index < -0.39 is 0 Å². The smallest absolute Gasteiger partial charge is 0.184 e. The monoisotopic (exact) mass is 244 g/mol. The maximum absolute atomic E-state index is 5.35. The number of aromatic nitrogens is 4.